The van der Waals surface area contributed by atoms with Crippen LogP contribution in [-0.4, -0.2) is 37.3 Å². The summed E-state index contributed by atoms with van der Waals surface area (Å²) < 4.78 is 30.0. The molecule has 0 aromatic heterocycles. The molecule has 19 heavy (non-hydrogen) atoms. The summed E-state index contributed by atoms with van der Waals surface area (Å²) >= 11 is 1.07. The van der Waals surface area contributed by atoms with Crippen LogP contribution in [0.5, 0.6) is 17.2 Å². The molecule has 5 nitrogen and oxygen atoms in total. The van der Waals surface area contributed by atoms with Gasteiger partial charge in [0.05, 0.1) is 12.8 Å². The zero-order chi connectivity index (χ0) is 14.0. The molecular weight excluding hydrogens is 271 g/mol. The fraction of sp³-hybridized carbons (Fsp3) is 0.333. The van der Waals surface area contributed by atoms with Crippen LogP contribution in [0.4, 0.5) is 4.39 Å². The van der Waals surface area contributed by atoms with Crippen molar-refractivity contribution in [1.29, 1.82) is 10.8 Å². The highest BCUT2D eigenvalue weighted by atomic mass is 32.2. The van der Waals surface area contributed by atoms with E-state index < -0.39 is 5.82 Å². The van der Waals surface area contributed by atoms with Crippen LogP contribution in [0.25, 0.3) is 0 Å². The molecule has 1 aliphatic heterocycles. The SMILES string of the molecule is COc1cc(C(=N)C(=N)SC)c(F)c2c1OCCO2. The molecule has 2 rings (SSSR count). The number of hydrogen-bond donors (Lipinski definition) is 2. The van der Waals surface area contributed by atoms with E-state index in [1.165, 1.54) is 13.2 Å². The monoisotopic (exact) mass is 284 g/mol. The van der Waals surface area contributed by atoms with E-state index in [9.17, 15) is 4.39 Å². The topological polar surface area (TPSA) is 75.4 Å². The number of hydrogen-bond acceptors (Lipinski definition) is 6. The Hall–Kier alpha value is -1.76. The molecule has 102 valence electrons. The molecule has 0 saturated carbocycles. The first kappa shape index (κ1) is 13.7. The van der Waals surface area contributed by atoms with E-state index in [1.807, 2.05) is 0 Å². The van der Waals surface area contributed by atoms with Gasteiger partial charge in [-0.1, -0.05) is 0 Å². The summed E-state index contributed by atoms with van der Waals surface area (Å²) in [6, 6.07) is 1.36. The van der Waals surface area contributed by atoms with Crippen molar-refractivity contribution < 1.29 is 18.6 Å². The van der Waals surface area contributed by atoms with Crippen LogP contribution >= 0.6 is 11.8 Å². The minimum Gasteiger partial charge on any atom is -0.493 e. The molecule has 0 unspecified atom stereocenters. The smallest absolute Gasteiger partial charge is 0.206 e. The predicted octanol–water partition coefficient (Wildman–Crippen LogP) is 2.31. The highest BCUT2D eigenvalue weighted by Crippen LogP contribution is 2.43. The molecule has 0 spiro atoms. The first-order valence-electron chi connectivity index (χ1n) is 5.48. The lowest BCUT2D eigenvalue weighted by Crippen LogP contribution is -2.20. The van der Waals surface area contributed by atoms with E-state index in [1.54, 1.807) is 6.26 Å². The molecule has 0 amide bonds. The third-order valence-corrected chi connectivity index (χ3v) is 3.25. The lowest BCUT2D eigenvalue weighted by Gasteiger charge is -2.22. The lowest BCUT2D eigenvalue weighted by molar-refractivity contribution is 0.158. The van der Waals surface area contributed by atoms with Crippen molar-refractivity contribution in [2.45, 2.75) is 0 Å². The van der Waals surface area contributed by atoms with Crippen molar-refractivity contribution in [3.8, 4) is 17.2 Å². The largest absolute Gasteiger partial charge is 0.493 e. The van der Waals surface area contributed by atoms with Crippen LogP contribution in [-0.2, 0) is 0 Å². The van der Waals surface area contributed by atoms with Gasteiger partial charge in [-0.3, -0.25) is 10.8 Å². The molecule has 0 saturated heterocycles. The van der Waals surface area contributed by atoms with Crippen molar-refractivity contribution in [3.63, 3.8) is 0 Å². The van der Waals surface area contributed by atoms with Crippen molar-refractivity contribution in [2.75, 3.05) is 26.6 Å². The van der Waals surface area contributed by atoms with Gasteiger partial charge in [-0.25, -0.2) is 4.39 Å². The highest BCUT2D eigenvalue weighted by molar-refractivity contribution is 8.15. The van der Waals surface area contributed by atoms with Crippen LogP contribution in [0.15, 0.2) is 6.07 Å². The summed E-state index contributed by atoms with van der Waals surface area (Å²) in [5.41, 5.74) is -0.235. The van der Waals surface area contributed by atoms with Gasteiger partial charge in [-0.15, -0.1) is 11.8 Å². The van der Waals surface area contributed by atoms with Gasteiger partial charge in [0.2, 0.25) is 11.5 Å². The van der Waals surface area contributed by atoms with Gasteiger partial charge in [0.15, 0.2) is 11.6 Å². The molecule has 0 aliphatic carbocycles. The molecule has 1 aliphatic rings. The summed E-state index contributed by atoms with van der Waals surface area (Å²) in [6.45, 7) is 0.560. The van der Waals surface area contributed by atoms with E-state index in [4.69, 9.17) is 25.0 Å². The zero-order valence-electron chi connectivity index (χ0n) is 10.5. The average Bonchev–Trinajstić information content (AvgIpc) is 2.46. The Bertz CT molecular complexity index is 548. The number of methoxy groups -OCH3 is 1. The lowest BCUT2D eigenvalue weighted by atomic mass is 10.1. The van der Waals surface area contributed by atoms with Gasteiger partial charge in [-0.2, -0.15) is 0 Å². The van der Waals surface area contributed by atoms with E-state index in [0.29, 0.717) is 12.4 Å². The molecule has 1 heterocycles. The number of rotatable bonds is 3. The van der Waals surface area contributed by atoms with Gasteiger partial charge >= 0.3 is 0 Å². The number of thioether (sulfide) groups is 1. The average molecular weight is 284 g/mol. The molecule has 0 fully saturated rings. The number of ether oxygens (including phenoxy) is 3. The summed E-state index contributed by atoms with van der Waals surface area (Å²) in [7, 11) is 1.43. The van der Waals surface area contributed by atoms with E-state index in [0.717, 1.165) is 11.8 Å². The van der Waals surface area contributed by atoms with E-state index >= 15 is 0 Å². The maximum atomic E-state index is 14.3. The first-order chi connectivity index (χ1) is 9.10. The van der Waals surface area contributed by atoms with E-state index in [2.05, 4.69) is 0 Å². The van der Waals surface area contributed by atoms with Gasteiger partial charge in [-0.05, 0) is 12.3 Å². The van der Waals surface area contributed by atoms with Crippen molar-refractivity contribution in [1.82, 2.24) is 0 Å². The van der Waals surface area contributed by atoms with Crippen molar-refractivity contribution >= 4 is 22.5 Å². The molecule has 7 heteroatoms. The number of benzene rings is 1. The second kappa shape index (κ2) is 5.48. The summed E-state index contributed by atoms with van der Waals surface area (Å²) in [4.78, 5) is 0. The van der Waals surface area contributed by atoms with Gasteiger partial charge in [0.25, 0.3) is 0 Å². The van der Waals surface area contributed by atoms with Crippen LogP contribution in [0, 0.1) is 16.6 Å². The summed E-state index contributed by atoms with van der Waals surface area (Å²) in [5.74, 6) is -0.248. The Morgan fingerprint density at radius 1 is 1.32 bits per heavy atom. The minimum atomic E-state index is -0.695. The van der Waals surface area contributed by atoms with Crippen molar-refractivity contribution in [2.24, 2.45) is 0 Å². The Balaban J connectivity index is 2.57. The Morgan fingerprint density at radius 3 is 2.53 bits per heavy atom. The fourth-order valence-corrected chi connectivity index (χ4v) is 2.02. The fourth-order valence-electron chi connectivity index (χ4n) is 1.70. The number of nitrogens with one attached hydrogen (secondary N) is 2. The second-order valence-electron chi connectivity index (χ2n) is 3.70. The van der Waals surface area contributed by atoms with Crippen LogP contribution < -0.4 is 14.2 Å². The quantitative estimate of drug-likeness (QED) is 0.659. The predicted molar refractivity (Wildman–Crippen MR) is 72.0 cm³/mol. The molecule has 0 bridgehead atoms. The summed E-state index contributed by atoms with van der Waals surface area (Å²) in [6.07, 6.45) is 1.66. The van der Waals surface area contributed by atoms with E-state index in [-0.39, 0.29) is 34.4 Å². The molecule has 1 aromatic carbocycles. The third-order valence-electron chi connectivity index (χ3n) is 2.64. The Kier molecular flexibility index (Phi) is 3.94. The molecule has 2 N–H and O–H groups in total. The maximum absolute atomic E-state index is 14.3. The molecule has 1 aromatic rings. The molecular formula is C12H13FN2O3S. The Morgan fingerprint density at radius 2 is 1.95 bits per heavy atom. The van der Waals surface area contributed by atoms with Gasteiger partial charge in [0, 0.05) is 5.56 Å². The van der Waals surface area contributed by atoms with Crippen molar-refractivity contribution in [3.05, 3.63) is 17.4 Å². The number of halogens is 1. The highest BCUT2D eigenvalue weighted by Gasteiger charge is 2.27. The first-order valence-corrected chi connectivity index (χ1v) is 6.70. The maximum Gasteiger partial charge on any atom is 0.206 e. The second-order valence-corrected chi connectivity index (χ2v) is 4.52. The number of fused-ring (bicyclic) bond motifs is 1. The third kappa shape index (κ3) is 2.37. The Labute approximate surface area is 114 Å². The van der Waals surface area contributed by atoms with Crippen LogP contribution in [0.3, 0.4) is 0 Å². The van der Waals surface area contributed by atoms with Gasteiger partial charge in [0.1, 0.15) is 18.3 Å². The van der Waals surface area contributed by atoms with Crippen LogP contribution in [0.2, 0.25) is 0 Å². The minimum absolute atomic E-state index is 0.0274. The normalized spacial score (nSPS) is 13.0. The summed E-state index contributed by atoms with van der Waals surface area (Å²) in [5, 5.41) is 15.4. The zero-order valence-corrected chi connectivity index (χ0v) is 11.3. The van der Waals surface area contributed by atoms with Gasteiger partial charge < -0.3 is 14.2 Å². The molecule has 0 radical (unpaired) electrons. The molecule has 0 atom stereocenters. The van der Waals surface area contributed by atoms with Crippen LogP contribution in [0.1, 0.15) is 5.56 Å². The standard InChI is InChI=1S/C12H13FN2O3S/c1-16-7-5-6(9(14)12(15)19-2)8(13)11-10(7)17-3-4-18-11/h5,14-15H,3-4H2,1-2H3.